The van der Waals surface area contributed by atoms with Crippen molar-refractivity contribution < 1.29 is 9.53 Å². The normalized spacial score (nSPS) is 18.9. The zero-order valence-corrected chi connectivity index (χ0v) is 16.9. The highest BCUT2D eigenvalue weighted by Crippen LogP contribution is 2.37. The smallest absolute Gasteiger partial charge is 0.258 e. The third kappa shape index (κ3) is 3.62. The van der Waals surface area contributed by atoms with Gasteiger partial charge in [0.1, 0.15) is 5.75 Å². The van der Waals surface area contributed by atoms with Gasteiger partial charge in [-0.05, 0) is 47.5 Å². The Labute approximate surface area is 168 Å². The predicted molar refractivity (Wildman–Crippen MR) is 114 cm³/mol. The number of aliphatic imine (C=N–C) groups is 1. The maximum Gasteiger partial charge on any atom is 0.258 e. The summed E-state index contributed by atoms with van der Waals surface area (Å²) in [6.45, 7) is 0. The number of thioether (sulfide) groups is 1. The molecule has 0 bridgehead atoms. The topological polar surface area (TPSA) is 57.5 Å². The van der Waals surface area contributed by atoms with E-state index in [9.17, 15) is 4.79 Å². The summed E-state index contributed by atoms with van der Waals surface area (Å²) in [6, 6.07) is 16.4. The van der Waals surface area contributed by atoms with Crippen LogP contribution in [0.5, 0.6) is 5.75 Å². The molecule has 0 spiro atoms. The number of methoxy groups -OCH3 is 1. The lowest BCUT2D eigenvalue weighted by Crippen LogP contribution is -2.23. The Hall–Kier alpha value is -2.80. The summed E-state index contributed by atoms with van der Waals surface area (Å²) in [5.41, 5.74) is 4.33. The van der Waals surface area contributed by atoms with Crippen LogP contribution in [0.3, 0.4) is 0 Å². The fourth-order valence-corrected chi connectivity index (χ4v) is 4.10. The number of hydrazone groups is 1. The molecule has 0 saturated carbocycles. The molecule has 6 nitrogen and oxygen atoms in total. The van der Waals surface area contributed by atoms with E-state index in [0.29, 0.717) is 10.9 Å². The molecule has 1 unspecified atom stereocenters. The summed E-state index contributed by atoms with van der Waals surface area (Å²) in [6.07, 6.45) is 0.751. The Morgan fingerprint density at radius 3 is 2.39 bits per heavy atom. The van der Waals surface area contributed by atoms with E-state index in [1.807, 2.05) is 43.4 Å². The summed E-state index contributed by atoms with van der Waals surface area (Å²) in [5, 5.41) is 7.42. The number of carbonyl (C=O) groups excluding carboxylic acids is 1. The van der Waals surface area contributed by atoms with Crippen molar-refractivity contribution in [3.05, 3.63) is 59.7 Å². The molecule has 144 valence electrons. The van der Waals surface area contributed by atoms with Crippen molar-refractivity contribution in [2.24, 2.45) is 10.1 Å². The highest BCUT2D eigenvalue weighted by molar-refractivity contribution is 8.14. The SMILES string of the molecule is COc1ccc(C2=NN(C3=NC(=O)CS3)C(c3ccc(N(C)C)cc3)C2)cc1. The molecular formula is C21H22N4O2S. The molecule has 0 radical (unpaired) electrons. The van der Waals surface area contributed by atoms with Crippen LogP contribution in [0.1, 0.15) is 23.6 Å². The van der Waals surface area contributed by atoms with E-state index in [1.165, 1.54) is 11.8 Å². The first-order chi connectivity index (χ1) is 13.5. The Morgan fingerprint density at radius 1 is 1.11 bits per heavy atom. The summed E-state index contributed by atoms with van der Waals surface area (Å²) >= 11 is 1.45. The molecule has 0 N–H and O–H groups in total. The Morgan fingerprint density at radius 2 is 1.82 bits per heavy atom. The van der Waals surface area contributed by atoms with Crippen LogP contribution >= 0.6 is 11.8 Å². The van der Waals surface area contributed by atoms with Gasteiger partial charge in [-0.25, -0.2) is 5.01 Å². The molecule has 0 aromatic heterocycles. The standard InChI is InChI=1S/C21H22N4O2S/c1-24(2)16-8-4-15(5-9-16)19-12-18(14-6-10-17(27-3)11-7-14)23-25(19)21-22-20(26)13-28-21/h4-11,19H,12-13H2,1-3H3. The van der Waals surface area contributed by atoms with Crippen LogP contribution in [0.15, 0.2) is 58.6 Å². The molecule has 7 heteroatoms. The fourth-order valence-electron chi connectivity index (χ4n) is 3.31. The lowest BCUT2D eigenvalue weighted by molar-refractivity contribution is -0.115. The fraction of sp³-hybridized carbons (Fsp3) is 0.286. The molecule has 0 aliphatic carbocycles. The van der Waals surface area contributed by atoms with Gasteiger partial charge in [0, 0.05) is 26.2 Å². The van der Waals surface area contributed by atoms with E-state index < -0.39 is 0 Å². The lowest BCUT2D eigenvalue weighted by Gasteiger charge is -2.23. The summed E-state index contributed by atoms with van der Waals surface area (Å²) < 4.78 is 5.25. The Balaban J connectivity index is 1.67. The van der Waals surface area contributed by atoms with E-state index in [1.54, 1.807) is 7.11 Å². The summed E-state index contributed by atoms with van der Waals surface area (Å²) in [4.78, 5) is 17.9. The van der Waals surface area contributed by atoms with Crippen molar-refractivity contribution in [1.82, 2.24) is 5.01 Å². The zero-order chi connectivity index (χ0) is 19.7. The summed E-state index contributed by atoms with van der Waals surface area (Å²) in [7, 11) is 5.71. The zero-order valence-electron chi connectivity index (χ0n) is 16.1. The second-order valence-corrected chi connectivity index (χ2v) is 7.84. The first kappa shape index (κ1) is 18.6. The number of nitrogens with zero attached hydrogens (tertiary/aromatic N) is 4. The van der Waals surface area contributed by atoms with Crippen LogP contribution in [-0.2, 0) is 4.79 Å². The van der Waals surface area contributed by atoms with Gasteiger partial charge < -0.3 is 9.64 Å². The number of amides is 1. The largest absolute Gasteiger partial charge is 0.497 e. The van der Waals surface area contributed by atoms with E-state index in [4.69, 9.17) is 9.84 Å². The molecule has 2 aromatic rings. The molecule has 0 fully saturated rings. The molecule has 28 heavy (non-hydrogen) atoms. The van der Waals surface area contributed by atoms with Gasteiger partial charge in [0.2, 0.25) is 0 Å². The van der Waals surface area contributed by atoms with Crippen molar-refractivity contribution >= 4 is 34.2 Å². The average molecular weight is 395 g/mol. The minimum absolute atomic E-state index is 0.0189. The van der Waals surface area contributed by atoms with Gasteiger partial charge in [-0.3, -0.25) is 4.79 Å². The van der Waals surface area contributed by atoms with E-state index in [-0.39, 0.29) is 11.9 Å². The number of anilines is 1. The molecule has 2 aromatic carbocycles. The summed E-state index contributed by atoms with van der Waals surface area (Å²) in [5.74, 6) is 1.09. The van der Waals surface area contributed by atoms with E-state index in [2.05, 4.69) is 34.2 Å². The van der Waals surface area contributed by atoms with Gasteiger partial charge in [0.15, 0.2) is 5.17 Å². The van der Waals surface area contributed by atoms with Crippen molar-refractivity contribution in [3.63, 3.8) is 0 Å². The molecule has 2 heterocycles. The highest BCUT2D eigenvalue weighted by atomic mass is 32.2. The van der Waals surface area contributed by atoms with Crippen LogP contribution < -0.4 is 9.64 Å². The van der Waals surface area contributed by atoms with Gasteiger partial charge in [-0.15, -0.1) is 0 Å². The Bertz CT molecular complexity index is 936. The number of benzene rings is 2. The minimum Gasteiger partial charge on any atom is -0.497 e. The van der Waals surface area contributed by atoms with Gasteiger partial charge in [-0.1, -0.05) is 23.9 Å². The first-order valence-electron chi connectivity index (χ1n) is 9.08. The average Bonchev–Trinajstić information content (AvgIpc) is 3.34. The molecular weight excluding hydrogens is 372 g/mol. The van der Waals surface area contributed by atoms with E-state index in [0.717, 1.165) is 34.7 Å². The number of ether oxygens (including phenoxy) is 1. The third-order valence-electron chi connectivity index (χ3n) is 4.87. The monoisotopic (exact) mass is 394 g/mol. The molecule has 2 aliphatic heterocycles. The van der Waals surface area contributed by atoms with Gasteiger partial charge in [0.25, 0.3) is 5.91 Å². The number of carbonyl (C=O) groups is 1. The molecule has 1 amide bonds. The third-order valence-corrected chi connectivity index (χ3v) is 5.80. The van der Waals surface area contributed by atoms with Crippen LogP contribution in [0.25, 0.3) is 0 Å². The van der Waals surface area contributed by atoms with Crippen LogP contribution in [0.2, 0.25) is 0 Å². The molecule has 1 atom stereocenters. The van der Waals surface area contributed by atoms with Crippen molar-refractivity contribution in [3.8, 4) is 5.75 Å². The van der Waals surface area contributed by atoms with Crippen LogP contribution in [-0.4, -0.2) is 48.8 Å². The highest BCUT2D eigenvalue weighted by Gasteiger charge is 2.34. The molecule has 0 saturated heterocycles. The maximum atomic E-state index is 11.7. The minimum atomic E-state index is -0.102. The predicted octanol–water partition coefficient (Wildman–Crippen LogP) is 3.54. The molecule has 4 rings (SSSR count). The van der Waals surface area contributed by atoms with Crippen molar-refractivity contribution in [1.29, 1.82) is 0 Å². The number of hydrogen-bond donors (Lipinski definition) is 0. The van der Waals surface area contributed by atoms with Crippen molar-refractivity contribution in [2.75, 3.05) is 31.9 Å². The second-order valence-electron chi connectivity index (χ2n) is 6.90. The number of rotatable bonds is 4. The van der Waals surface area contributed by atoms with Gasteiger partial charge >= 0.3 is 0 Å². The number of amidine groups is 1. The maximum absolute atomic E-state index is 11.7. The first-order valence-corrected chi connectivity index (χ1v) is 10.1. The van der Waals surface area contributed by atoms with Crippen molar-refractivity contribution in [2.45, 2.75) is 12.5 Å². The second kappa shape index (κ2) is 7.67. The van der Waals surface area contributed by atoms with Crippen LogP contribution in [0.4, 0.5) is 5.69 Å². The quantitative estimate of drug-likeness (QED) is 0.794. The van der Waals surface area contributed by atoms with Crippen LogP contribution in [0, 0.1) is 0 Å². The van der Waals surface area contributed by atoms with Gasteiger partial charge in [-0.2, -0.15) is 10.1 Å². The van der Waals surface area contributed by atoms with Gasteiger partial charge in [0.05, 0.1) is 24.6 Å². The lowest BCUT2D eigenvalue weighted by atomic mass is 9.98. The van der Waals surface area contributed by atoms with E-state index >= 15 is 0 Å². The Kier molecular flexibility index (Phi) is 5.09. The number of hydrogen-bond acceptors (Lipinski definition) is 6. The molecule has 2 aliphatic rings.